The zero-order chi connectivity index (χ0) is 12.3. The van der Waals surface area contributed by atoms with Gasteiger partial charge in [-0.2, -0.15) is 13.2 Å². The second kappa shape index (κ2) is 4.50. The summed E-state index contributed by atoms with van der Waals surface area (Å²) in [5.74, 6) is -1.58. The van der Waals surface area contributed by atoms with E-state index in [1.54, 1.807) is 5.32 Å². The molecule has 0 aliphatic carbocycles. The molecule has 0 aromatic rings. The van der Waals surface area contributed by atoms with E-state index in [0.29, 0.717) is 0 Å². The van der Waals surface area contributed by atoms with Crippen LogP contribution >= 0.6 is 0 Å². The molecule has 0 aromatic heterocycles. The maximum absolute atomic E-state index is 11.7. The summed E-state index contributed by atoms with van der Waals surface area (Å²) in [5, 5.41) is 1.66. The van der Waals surface area contributed by atoms with E-state index in [1.165, 1.54) is 13.8 Å². The van der Waals surface area contributed by atoms with E-state index < -0.39 is 30.0 Å². The Hall–Kier alpha value is -1.27. The largest absolute Gasteiger partial charge is 0.405 e. The third-order valence-electron chi connectivity index (χ3n) is 1.76. The number of hydrogen-bond acceptors (Lipinski definition) is 2. The van der Waals surface area contributed by atoms with Gasteiger partial charge in [-0.3, -0.25) is 9.59 Å². The normalized spacial score (nSPS) is 12.3. The lowest BCUT2D eigenvalue weighted by Crippen LogP contribution is -2.40. The summed E-state index contributed by atoms with van der Waals surface area (Å²) in [6.45, 7) is 1.38. The summed E-state index contributed by atoms with van der Waals surface area (Å²) >= 11 is 0. The molecular formula is C8H13F3N2O2. The van der Waals surface area contributed by atoms with Gasteiger partial charge in [0.25, 0.3) is 0 Å². The number of amides is 2. The van der Waals surface area contributed by atoms with Gasteiger partial charge in [0, 0.05) is 6.42 Å². The number of alkyl halides is 3. The van der Waals surface area contributed by atoms with Crippen molar-refractivity contribution in [1.82, 2.24) is 5.32 Å². The van der Waals surface area contributed by atoms with Crippen molar-refractivity contribution in [3.05, 3.63) is 0 Å². The van der Waals surface area contributed by atoms with Crippen LogP contribution < -0.4 is 11.1 Å². The van der Waals surface area contributed by atoms with Crippen molar-refractivity contribution in [2.45, 2.75) is 26.4 Å². The van der Waals surface area contributed by atoms with Crippen LogP contribution in [0.15, 0.2) is 0 Å². The highest BCUT2D eigenvalue weighted by Crippen LogP contribution is 2.19. The van der Waals surface area contributed by atoms with Crippen LogP contribution in [0.2, 0.25) is 0 Å². The van der Waals surface area contributed by atoms with E-state index in [4.69, 9.17) is 5.73 Å². The number of nitrogens with one attached hydrogen (secondary N) is 1. The Bertz CT molecular complexity index is 261. The van der Waals surface area contributed by atoms with Crippen LogP contribution in [0.3, 0.4) is 0 Å². The van der Waals surface area contributed by atoms with Crippen LogP contribution in [0, 0.1) is 5.41 Å². The summed E-state index contributed by atoms with van der Waals surface area (Å²) < 4.78 is 35.1. The second-order valence-corrected chi connectivity index (χ2v) is 3.82. The van der Waals surface area contributed by atoms with Gasteiger partial charge in [-0.15, -0.1) is 0 Å². The maximum atomic E-state index is 11.7. The Labute approximate surface area is 85.0 Å². The number of primary amides is 1. The first-order valence-corrected chi connectivity index (χ1v) is 4.18. The van der Waals surface area contributed by atoms with Gasteiger partial charge in [0.2, 0.25) is 11.8 Å². The molecule has 3 N–H and O–H groups in total. The fraction of sp³-hybridized carbons (Fsp3) is 0.750. The molecule has 15 heavy (non-hydrogen) atoms. The molecule has 4 nitrogen and oxygen atoms in total. The molecule has 0 atom stereocenters. The highest BCUT2D eigenvalue weighted by atomic mass is 19.4. The number of carbonyl (C=O) groups excluding carboxylic acids is 2. The monoisotopic (exact) mass is 226 g/mol. The van der Waals surface area contributed by atoms with Crippen molar-refractivity contribution >= 4 is 11.8 Å². The SMILES string of the molecule is CC(C)(CC(=O)NCC(F)(F)F)C(N)=O. The summed E-state index contributed by atoms with van der Waals surface area (Å²) in [5.41, 5.74) is 3.82. The topological polar surface area (TPSA) is 72.2 Å². The number of nitrogens with two attached hydrogens (primary N) is 1. The Morgan fingerprint density at radius 3 is 2.07 bits per heavy atom. The molecule has 0 bridgehead atoms. The summed E-state index contributed by atoms with van der Waals surface area (Å²) in [6.07, 6.45) is -4.81. The van der Waals surface area contributed by atoms with Gasteiger partial charge in [0.1, 0.15) is 6.54 Å². The Morgan fingerprint density at radius 2 is 1.73 bits per heavy atom. The molecule has 0 saturated carbocycles. The predicted octanol–water partition coefficient (Wildman–Crippen LogP) is 0.567. The van der Waals surface area contributed by atoms with Crippen LogP contribution in [-0.2, 0) is 9.59 Å². The second-order valence-electron chi connectivity index (χ2n) is 3.82. The molecule has 0 unspecified atom stereocenters. The van der Waals surface area contributed by atoms with Crippen LogP contribution in [0.5, 0.6) is 0 Å². The van der Waals surface area contributed by atoms with E-state index >= 15 is 0 Å². The fourth-order valence-corrected chi connectivity index (χ4v) is 0.750. The lowest BCUT2D eigenvalue weighted by Gasteiger charge is -2.19. The number of halogens is 3. The van der Waals surface area contributed by atoms with Crippen LogP contribution in [0.25, 0.3) is 0 Å². The first kappa shape index (κ1) is 13.7. The average molecular weight is 226 g/mol. The van der Waals surface area contributed by atoms with Gasteiger partial charge >= 0.3 is 6.18 Å². The highest BCUT2D eigenvalue weighted by Gasteiger charge is 2.31. The summed E-state index contributed by atoms with van der Waals surface area (Å²) in [4.78, 5) is 21.8. The summed E-state index contributed by atoms with van der Waals surface area (Å²) in [7, 11) is 0. The van der Waals surface area contributed by atoms with Gasteiger partial charge in [0.05, 0.1) is 5.41 Å². The average Bonchev–Trinajstić information content (AvgIpc) is 1.98. The number of rotatable bonds is 4. The molecule has 0 aliphatic heterocycles. The zero-order valence-corrected chi connectivity index (χ0v) is 8.44. The van der Waals surface area contributed by atoms with Crippen LogP contribution in [0.1, 0.15) is 20.3 Å². The Morgan fingerprint density at radius 1 is 1.27 bits per heavy atom. The predicted molar refractivity (Wildman–Crippen MR) is 46.7 cm³/mol. The molecule has 0 aromatic carbocycles. The van der Waals surface area contributed by atoms with E-state index in [1.807, 2.05) is 0 Å². The van der Waals surface area contributed by atoms with Crippen molar-refractivity contribution in [3.63, 3.8) is 0 Å². The van der Waals surface area contributed by atoms with E-state index in [-0.39, 0.29) is 6.42 Å². The first-order valence-electron chi connectivity index (χ1n) is 4.18. The van der Waals surface area contributed by atoms with Gasteiger partial charge in [-0.05, 0) is 0 Å². The third-order valence-corrected chi connectivity index (χ3v) is 1.76. The van der Waals surface area contributed by atoms with Crippen molar-refractivity contribution in [1.29, 1.82) is 0 Å². The molecule has 0 saturated heterocycles. The third kappa shape index (κ3) is 5.92. The minimum Gasteiger partial charge on any atom is -0.369 e. The Balaban J connectivity index is 4.11. The quantitative estimate of drug-likeness (QED) is 0.735. The van der Waals surface area contributed by atoms with Crippen LogP contribution in [0.4, 0.5) is 13.2 Å². The highest BCUT2D eigenvalue weighted by molar-refractivity contribution is 5.87. The van der Waals surface area contributed by atoms with Crippen molar-refractivity contribution < 1.29 is 22.8 Å². The smallest absolute Gasteiger partial charge is 0.369 e. The van der Waals surface area contributed by atoms with E-state index in [0.717, 1.165) is 0 Å². The minimum absolute atomic E-state index is 0.363. The van der Waals surface area contributed by atoms with E-state index in [9.17, 15) is 22.8 Å². The number of hydrogen-bond donors (Lipinski definition) is 2. The molecule has 7 heteroatoms. The molecule has 0 spiro atoms. The molecule has 88 valence electrons. The molecule has 0 aliphatic rings. The van der Waals surface area contributed by atoms with Crippen molar-refractivity contribution in [3.8, 4) is 0 Å². The lowest BCUT2D eigenvalue weighted by atomic mass is 9.88. The van der Waals surface area contributed by atoms with Crippen molar-refractivity contribution in [2.24, 2.45) is 11.1 Å². The van der Waals surface area contributed by atoms with Gasteiger partial charge in [-0.25, -0.2) is 0 Å². The minimum atomic E-state index is -4.45. The first-order chi connectivity index (χ1) is 6.54. The summed E-state index contributed by atoms with van der Waals surface area (Å²) in [6, 6.07) is 0. The molecule has 2 amide bonds. The van der Waals surface area contributed by atoms with Gasteiger partial charge < -0.3 is 11.1 Å². The molecule has 0 radical (unpaired) electrons. The van der Waals surface area contributed by atoms with Gasteiger partial charge in [0.15, 0.2) is 0 Å². The van der Waals surface area contributed by atoms with Gasteiger partial charge in [-0.1, -0.05) is 13.8 Å². The van der Waals surface area contributed by atoms with Crippen LogP contribution in [-0.4, -0.2) is 24.5 Å². The molecular weight excluding hydrogens is 213 g/mol. The standard InChI is InChI=1S/C8H13F3N2O2/c1-7(2,6(12)15)3-5(14)13-4-8(9,10)11/h3-4H2,1-2H3,(H2,12,15)(H,13,14). The molecule has 0 fully saturated rings. The lowest BCUT2D eigenvalue weighted by molar-refractivity contribution is -0.141. The molecule has 0 heterocycles. The fourth-order valence-electron chi connectivity index (χ4n) is 0.750. The zero-order valence-electron chi connectivity index (χ0n) is 8.44. The van der Waals surface area contributed by atoms with Crippen molar-refractivity contribution in [2.75, 3.05) is 6.54 Å². The molecule has 0 rings (SSSR count). The van der Waals surface area contributed by atoms with E-state index in [2.05, 4.69) is 0 Å². The number of carbonyl (C=O) groups is 2. The Kier molecular flexibility index (Phi) is 4.12. The maximum Gasteiger partial charge on any atom is 0.405 e.